The number of hydrogen-bond donors (Lipinski definition) is 4. The van der Waals surface area contributed by atoms with Gasteiger partial charge < -0.3 is 38.6 Å². The topological polar surface area (TPSA) is 169 Å². The monoisotopic (exact) mass is 612 g/mol. The van der Waals surface area contributed by atoms with E-state index in [1.807, 2.05) is 12.1 Å². The first-order valence-electron chi connectivity index (χ1n) is 11.9. The summed E-state index contributed by atoms with van der Waals surface area (Å²) in [6.45, 7) is -3.69. The van der Waals surface area contributed by atoms with E-state index in [2.05, 4.69) is 44.0 Å². The number of fused-ring (bicyclic) bond motifs is 1. The van der Waals surface area contributed by atoms with Gasteiger partial charge in [-0.1, -0.05) is 24.1 Å². The van der Waals surface area contributed by atoms with E-state index in [4.69, 9.17) is 40.6 Å². The Bertz CT molecular complexity index is 1390. The minimum atomic E-state index is -3.69. The Labute approximate surface area is 235 Å². The highest BCUT2D eigenvalue weighted by atomic mass is 32.7. The maximum absolute atomic E-state index is 10.9. The average molecular weight is 613 g/mol. The predicted octanol–water partition coefficient (Wildman–Crippen LogP) is 2.47. The summed E-state index contributed by atoms with van der Waals surface area (Å²) in [6.07, 6.45) is 5.43. The van der Waals surface area contributed by atoms with Crippen molar-refractivity contribution in [3.05, 3.63) is 42.7 Å². The van der Waals surface area contributed by atoms with Gasteiger partial charge in [0, 0.05) is 24.4 Å². The van der Waals surface area contributed by atoms with Gasteiger partial charge in [0.05, 0.1) is 31.7 Å². The molecule has 2 fully saturated rings. The number of imidazole rings is 1. The van der Waals surface area contributed by atoms with E-state index in [9.17, 15) is 9.79 Å². The number of rotatable bonds is 9. The van der Waals surface area contributed by atoms with Crippen molar-refractivity contribution < 1.29 is 32.8 Å². The van der Waals surface area contributed by atoms with E-state index < -0.39 is 32.7 Å². The van der Waals surface area contributed by atoms with Crippen LogP contribution < -0.4 is 5.73 Å². The van der Waals surface area contributed by atoms with Crippen LogP contribution >= 0.6 is 26.5 Å². The molecule has 3 aromatic heterocycles. The van der Waals surface area contributed by atoms with Crippen LogP contribution in [0.3, 0.4) is 0 Å². The highest BCUT2D eigenvalue weighted by Crippen LogP contribution is 2.50. The van der Waals surface area contributed by atoms with Crippen molar-refractivity contribution in [1.29, 1.82) is 0 Å². The van der Waals surface area contributed by atoms with Crippen LogP contribution in [0.1, 0.15) is 31.1 Å². The lowest BCUT2D eigenvalue weighted by molar-refractivity contribution is -0.0367. The molecule has 0 radical (unpaired) electrons. The predicted molar refractivity (Wildman–Crippen MR) is 149 cm³/mol. The number of anilines is 1. The van der Waals surface area contributed by atoms with Crippen LogP contribution in [-0.2, 0) is 34.9 Å². The lowest BCUT2D eigenvalue weighted by atomic mass is 10.2. The van der Waals surface area contributed by atoms with E-state index in [0.717, 1.165) is 12.0 Å². The molecule has 13 nitrogen and oxygen atoms in total. The van der Waals surface area contributed by atoms with Crippen LogP contribution in [0.5, 0.6) is 0 Å². The number of ether oxygens (including phenoxy) is 2. The third kappa shape index (κ3) is 7.49. The van der Waals surface area contributed by atoms with Crippen LogP contribution in [0.2, 0.25) is 0 Å². The maximum atomic E-state index is 10.9. The van der Waals surface area contributed by atoms with Gasteiger partial charge in [-0.25, -0.2) is 15.0 Å². The van der Waals surface area contributed by atoms with Crippen LogP contribution in [0.15, 0.2) is 37.2 Å². The van der Waals surface area contributed by atoms with Gasteiger partial charge in [-0.05, 0) is 36.8 Å². The van der Waals surface area contributed by atoms with Crippen LogP contribution in [0.25, 0.3) is 11.2 Å². The summed E-state index contributed by atoms with van der Waals surface area (Å²) in [7, 11) is -1.94. The second kappa shape index (κ2) is 12.8. The molecule has 0 bridgehead atoms. The number of hydrogen-bond acceptors (Lipinski definition) is 13. The van der Waals surface area contributed by atoms with Gasteiger partial charge in [-0.2, -0.15) is 0 Å². The molecule has 0 amide bonds. The molecule has 2 aliphatic rings. The number of thiol groups is 1. The van der Waals surface area contributed by atoms with Crippen molar-refractivity contribution in [2.75, 3.05) is 18.9 Å². The van der Waals surface area contributed by atoms with Crippen molar-refractivity contribution in [3.63, 3.8) is 0 Å². The zero-order valence-corrected chi connectivity index (χ0v) is 23.9. The minimum Gasteiger partial charge on any atom is -0.382 e. The van der Waals surface area contributed by atoms with Crippen molar-refractivity contribution >= 4 is 55.3 Å². The summed E-state index contributed by atoms with van der Waals surface area (Å²) >= 11 is 9.20. The first-order chi connectivity index (χ1) is 18.8. The fourth-order valence-corrected chi connectivity index (χ4v) is 6.24. The Kier molecular flexibility index (Phi) is 9.43. The van der Waals surface area contributed by atoms with E-state index in [0.29, 0.717) is 17.6 Å². The standard InChI is InChI=1S/C22H26N6O7P2S2/c23-21-20-22(26-12-25-21)28(13-27-20)19-8-17(18(34-19)11-31-36(29)38)35-37(30,39)32-10-16-6-5-15(33-16)4-3-14-2-1-7-24-9-14/h1-2,7,9,12-13,15-19,29,38H,5-6,8,10-11H2,(H,30,39)(H2,23,25,26)/t15?,16?,17-,18?,19?,36?,37?/m0/s1. The molecule has 7 atom stereocenters. The molecule has 2 aliphatic heterocycles. The first kappa shape index (κ1) is 28.7. The molecule has 3 aromatic rings. The van der Waals surface area contributed by atoms with Crippen LogP contribution in [0, 0.1) is 11.8 Å². The molecule has 39 heavy (non-hydrogen) atoms. The molecule has 0 aromatic carbocycles. The van der Waals surface area contributed by atoms with Gasteiger partial charge in [0.2, 0.25) is 7.58 Å². The number of nitrogens with two attached hydrogens (primary N) is 1. The lowest BCUT2D eigenvalue weighted by Crippen LogP contribution is -2.28. The molecular formula is C22H26N6O7P2S2. The maximum Gasteiger partial charge on any atom is 0.324 e. The van der Waals surface area contributed by atoms with Gasteiger partial charge in [0.15, 0.2) is 11.5 Å². The fourth-order valence-electron chi connectivity index (χ4n) is 4.27. The number of aromatic nitrogens is 5. The molecule has 208 valence electrons. The van der Waals surface area contributed by atoms with Gasteiger partial charge in [0.25, 0.3) is 0 Å². The quantitative estimate of drug-likeness (QED) is 0.158. The third-order valence-corrected chi connectivity index (χ3v) is 8.38. The normalized spacial score (nSPS) is 27.2. The lowest BCUT2D eigenvalue weighted by Gasteiger charge is -2.24. The van der Waals surface area contributed by atoms with Gasteiger partial charge in [-0.15, -0.1) is 0 Å². The Morgan fingerprint density at radius 3 is 2.95 bits per heavy atom. The minimum absolute atomic E-state index is 0.0467. The average Bonchev–Trinajstić information content (AvgIpc) is 3.64. The molecule has 5 heterocycles. The zero-order chi connectivity index (χ0) is 27.4. The van der Waals surface area contributed by atoms with E-state index >= 15 is 0 Å². The number of pyridine rings is 1. The molecule has 5 rings (SSSR count). The summed E-state index contributed by atoms with van der Waals surface area (Å²) in [6, 6.07) is 3.70. The molecule has 0 saturated carbocycles. The highest BCUT2D eigenvalue weighted by Gasteiger charge is 2.41. The Hall–Kier alpha value is -1.79. The van der Waals surface area contributed by atoms with Gasteiger partial charge in [0.1, 0.15) is 30.3 Å². The van der Waals surface area contributed by atoms with Gasteiger partial charge in [-0.3, -0.25) is 9.55 Å². The van der Waals surface area contributed by atoms with Crippen LogP contribution in [0.4, 0.5) is 5.82 Å². The highest BCUT2D eigenvalue weighted by molar-refractivity contribution is 8.41. The number of nitrogen functional groups attached to an aromatic ring is 1. The fraction of sp³-hybridized carbons (Fsp3) is 0.455. The first-order valence-corrected chi connectivity index (χ1v) is 16.8. The largest absolute Gasteiger partial charge is 0.382 e. The molecule has 0 aliphatic carbocycles. The van der Waals surface area contributed by atoms with Crippen molar-refractivity contribution in [1.82, 2.24) is 24.5 Å². The van der Waals surface area contributed by atoms with Gasteiger partial charge >= 0.3 is 6.72 Å². The second-order valence-electron chi connectivity index (χ2n) is 8.74. The third-order valence-electron chi connectivity index (χ3n) is 6.07. The Balaban J connectivity index is 1.19. The summed E-state index contributed by atoms with van der Waals surface area (Å²) in [5.41, 5.74) is 7.62. The van der Waals surface area contributed by atoms with Crippen molar-refractivity contribution in [2.45, 2.75) is 49.9 Å². The number of nitrogens with zero attached hydrogens (tertiary/aromatic N) is 5. The van der Waals surface area contributed by atoms with Crippen molar-refractivity contribution in [2.24, 2.45) is 0 Å². The van der Waals surface area contributed by atoms with Crippen LogP contribution in [-0.4, -0.2) is 71.9 Å². The molecule has 0 spiro atoms. The van der Waals surface area contributed by atoms with E-state index in [1.165, 1.54) is 12.7 Å². The van der Waals surface area contributed by atoms with E-state index in [1.54, 1.807) is 17.0 Å². The SMILES string of the molecule is Nc1ncnc2c1ncn2C1C[C@H](OP(O)(=S)OCC2CCC(C#Cc3cccnc3)O2)C(COP(O)S)O1. The molecule has 4 N–H and O–H groups in total. The smallest absolute Gasteiger partial charge is 0.324 e. The Morgan fingerprint density at radius 1 is 1.28 bits per heavy atom. The Morgan fingerprint density at radius 2 is 2.15 bits per heavy atom. The summed E-state index contributed by atoms with van der Waals surface area (Å²) in [5, 5.41) is 0. The van der Waals surface area contributed by atoms with Crippen molar-refractivity contribution in [3.8, 4) is 11.8 Å². The molecule has 2 saturated heterocycles. The molecule has 6 unspecified atom stereocenters. The van der Waals surface area contributed by atoms with E-state index in [-0.39, 0.29) is 37.7 Å². The second-order valence-corrected chi connectivity index (χ2v) is 13.3. The molecular weight excluding hydrogens is 586 g/mol. The summed E-state index contributed by atoms with van der Waals surface area (Å²) in [4.78, 5) is 36.9. The zero-order valence-electron chi connectivity index (χ0n) is 20.4. The molecule has 17 heteroatoms. The summed E-state index contributed by atoms with van der Waals surface area (Å²) < 4.78 is 30.5. The summed E-state index contributed by atoms with van der Waals surface area (Å²) in [5.74, 6) is 6.38.